The first-order chi connectivity index (χ1) is 14.5. The second kappa shape index (κ2) is 12.1. The maximum absolute atomic E-state index is 12.8. The van der Waals surface area contributed by atoms with Crippen LogP contribution in [0, 0.1) is 0 Å². The average molecular weight is 415 g/mol. The van der Waals surface area contributed by atoms with Crippen LogP contribution in [-0.4, -0.2) is 37.6 Å². The van der Waals surface area contributed by atoms with Crippen molar-refractivity contribution in [2.75, 3.05) is 20.3 Å². The van der Waals surface area contributed by atoms with Crippen LogP contribution in [0.5, 0.6) is 11.5 Å². The molecule has 2 rings (SSSR count). The molecule has 1 saturated carbocycles. The summed E-state index contributed by atoms with van der Waals surface area (Å²) >= 11 is 0. The van der Waals surface area contributed by atoms with E-state index in [1.165, 1.54) is 6.08 Å². The molecule has 2 N–H and O–H groups in total. The van der Waals surface area contributed by atoms with Crippen molar-refractivity contribution in [2.45, 2.75) is 57.4 Å². The average Bonchev–Trinajstić information content (AvgIpc) is 2.77. The predicted octanol–water partition coefficient (Wildman–Crippen LogP) is 4.01. The van der Waals surface area contributed by atoms with Crippen molar-refractivity contribution in [3.63, 3.8) is 0 Å². The van der Waals surface area contributed by atoms with Crippen molar-refractivity contribution >= 4 is 17.9 Å². The third-order valence-corrected chi connectivity index (χ3v) is 5.29. The number of carbonyl (C=O) groups excluding carboxylic acids is 2. The van der Waals surface area contributed by atoms with E-state index in [1.807, 2.05) is 6.07 Å². The van der Waals surface area contributed by atoms with Crippen LogP contribution in [0.15, 0.2) is 36.9 Å². The Morgan fingerprint density at radius 2 is 1.97 bits per heavy atom. The first-order valence-electron chi connectivity index (χ1n) is 10.7. The Kier molecular flexibility index (Phi) is 9.45. The summed E-state index contributed by atoms with van der Waals surface area (Å²) in [6.07, 6.45) is 11.1. The van der Waals surface area contributed by atoms with E-state index in [4.69, 9.17) is 9.47 Å². The fraction of sp³-hybridized carbons (Fsp3) is 0.500. The third-order valence-electron chi connectivity index (χ3n) is 5.29. The Labute approximate surface area is 179 Å². The lowest BCUT2D eigenvalue weighted by Crippen LogP contribution is -2.59. The zero-order valence-corrected chi connectivity index (χ0v) is 18.2. The number of hydrogen-bond acceptors (Lipinski definition) is 4. The van der Waals surface area contributed by atoms with Crippen LogP contribution in [-0.2, 0) is 9.59 Å². The van der Waals surface area contributed by atoms with Crippen molar-refractivity contribution in [1.82, 2.24) is 10.6 Å². The molecular weight excluding hydrogens is 380 g/mol. The number of rotatable bonds is 11. The van der Waals surface area contributed by atoms with Gasteiger partial charge in [-0.05, 0) is 43.0 Å². The van der Waals surface area contributed by atoms with E-state index < -0.39 is 5.54 Å². The molecular formula is C24H34N2O4. The van der Waals surface area contributed by atoms with Crippen LogP contribution in [0.2, 0.25) is 0 Å². The minimum Gasteiger partial charge on any atom is -0.493 e. The van der Waals surface area contributed by atoms with Gasteiger partial charge in [0.05, 0.1) is 7.11 Å². The summed E-state index contributed by atoms with van der Waals surface area (Å²) in [4.78, 5) is 25.5. The SMILES string of the molecule is C=CCOc1ccc(/C=C/C(=O)NC2(C(=O)NCCCC)CCCCC2)cc1OC. The number of ether oxygens (including phenoxy) is 2. The van der Waals surface area contributed by atoms with E-state index in [9.17, 15) is 9.59 Å². The summed E-state index contributed by atoms with van der Waals surface area (Å²) < 4.78 is 10.9. The molecule has 164 valence electrons. The van der Waals surface area contributed by atoms with Gasteiger partial charge in [0, 0.05) is 12.6 Å². The smallest absolute Gasteiger partial charge is 0.245 e. The summed E-state index contributed by atoms with van der Waals surface area (Å²) in [6.45, 7) is 6.75. The van der Waals surface area contributed by atoms with Crippen LogP contribution in [0.1, 0.15) is 57.4 Å². The minimum absolute atomic E-state index is 0.0669. The second-order valence-electron chi connectivity index (χ2n) is 7.58. The highest BCUT2D eigenvalue weighted by atomic mass is 16.5. The van der Waals surface area contributed by atoms with E-state index in [-0.39, 0.29) is 11.8 Å². The molecule has 0 saturated heterocycles. The van der Waals surface area contributed by atoms with Crippen LogP contribution >= 0.6 is 0 Å². The standard InChI is InChI=1S/C24H34N2O4/c1-4-6-16-25-23(28)24(14-8-7-9-15-24)26-22(27)13-11-19-10-12-20(30-17-5-2)21(18-19)29-3/h5,10-13,18H,2,4,6-9,14-17H2,1,3H3,(H,25,28)(H,26,27)/b13-11+. The number of amides is 2. The molecule has 0 radical (unpaired) electrons. The Morgan fingerprint density at radius 3 is 2.63 bits per heavy atom. The monoisotopic (exact) mass is 414 g/mol. The van der Waals surface area contributed by atoms with E-state index in [0.717, 1.165) is 37.7 Å². The highest BCUT2D eigenvalue weighted by Crippen LogP contribution is 2.30. The molecule has 1 aliphatic carbocycles. The van der Waals surface area contributed by atoms with Gasteiger partial charge >= 0.3 is 0 Å². The molecule has 1 aromatic rings. The molecule has 0 atom stereocenters. The maximum atomic E-state index is 12.8. The summed E-state index contributed by atoms with van der Waals surface area (Å²) in [5.74, 6) is 0.860. The van der Waals surface area contributed by atoms with E-state index in [2.05, 4.69) is 24.1 Å². The number of carbonyl (C=O) groups is 2. The van der Waals surface area contributed by atoms with Gasteiger partial charge in [-0.1, -0.05) is 51.3 Å². The van der Waals surface area contributed by atoms with Crippen LogP contribution < -0.4 is 20.1 Å². The summed E-state index contributed by atoms with van der Waals surface area (Å²) in [6, 6.07) is 5.44. The normalized spacial score (nSPS) is 15.4. The number of hydrogen-bond donors (Lipinski definition) is 2. The number of nitrogens with one attached hydrogen (secondary N) is 2. The van der Waals surface area contributed by atoms with Gasteiger partial charge in [-0.2, -0.15) is 0 Å². The molecule has 2 amide bonds. The van der Waals surface area contributed by atoms with Gasteiger partial charge in [-0.15, -0.1) is 0 Å². The highest BCUT2D eigenvalue weighted by molar-refractivity contribution is 5.97. The summed E-state index contributed by atoms with van der Waals surface area (Å²) in [5.41, 5.74) is -0.00827. The zero-order valence-electron chi connectivity index (χ0n) is 18.2. The van der Waals surface area contributed by atoms with Crippen molar-refractivity contribution in [2.24, 2.45) is 0 Å². The Balaban J connectivity index is 2.06. The van der Waals surface area contributed by atoms with Crippen LogP contribution in [0.4, 0.5) is 0 Å². The molecule has 6 heteroatoms. The van der Waals surface area contributed by atoms with E-state index >= 15 is 0 Å². The molecule has 1 aliphatic rings. The van der Waals surface area contributed by atoms with Gasteiger partial charge in [0.15, 0.2) is 11.5 Å². The van der Waals surface area contributed by atoms with Crippen LogP contribution in [0.3, 0.4) is 0 Å². The number of methoxy groups -OCH3 is 1. The largest absolute Gasteiger partial charge is 0.493 e. The van der Waals surface area contributed by atoms with Crippen molar-refractivity contribution < 1.29 is 19.1 Å². The lowest BCUT2D eigenvalue weighted by Gasteiger charge is -2.36. The van der Waals surface area contributed by atoms with Gasteiger partial charge < -0.3 is 20.1 Å². The maximum Gasteiger partial charge on any atom is 0.245 e. The van der Waals surface area contributed by atoms with Gasteiger partial charge in [-0.3, -0.25) is 9.59 Å². The molecule has 1 aromatic carbocycles. The first kappa shape index (κ1) is 23.5. The summed E-state index contributed by atoms with van der Waals surface area (Å²) in [5, 5.41) is 5.99. The molecule has 30 heavy (non-hydrogen) atoms. The Bertz CT molecular complexity index is 752. The topological polar surface area (TPSA) is 76.7 Å². The molecule has 0 aliphatic heterocycles. The quantitative estimate of drug-likeness (QED) is 0.326. The Hall–Kier alpha value is -2.76. The van der Waals surface area contributed by atoms with Crippen molar-refractivity contribution in [1.29, 1.82) is 0 Å². The van der Waals surface area contributed by atoms with E-state index in [1.54, 1.807) is 31.4 Å². The number of unbranched alkanes of at least 4 members (excludes halogenated alkanes) is 1. The molecule has 6 nitrogen and oxygen atoms in total. The van der Waals surface area contributed by atoms with Crippen molar-refractivity contribution in [3.8, 4) is 11.5 Å². The fourth-order valence-electron chi connectivity index (χ4n) is 3.62. The molecule has 0 heterocycles. The van der Waals surface area contributed by atoms with Gasteiger partial charge in [0.2, 0.25) is 11.8 Å². The first-order valence-corrected chi connectivity index (χ1v) is 10.7. The number of benzene rings is 1. The van der Waals surface area contributed by atoms with Crippen LogP contribution in [0.25, 0.3) is 6.08 Å². The summed E-state index contributed by atoms with van der Waals surface area (Å²) in [7, 11) is 1.57. The molecule has 0 bridgehead atoms. The Morgan fingerprint density at radius 1 is 1.20 bits per heavy atom. The second-order valence-corrected chi connectivity index (χ2v) is 7.58. The van der Waals surface area contributed by atoms with Crippen molar-refractivity contribution in [3.05, 3.63) is 42.5 Å². The molecule has 1 fully saturated rings. The molecule has 0 aromatic heterocycles. The molecule has 0 unspecified atom stereocenters. The minimum atomic E-state index is -0.812. The van der Waals surface area contributed by atoms with E-state index in [0.29, 0.717) is 37.5 Å². The predicted molar refractivity (Wildman–Crippen MR) is 120 cm³/mol. The zero-order chi connectivity index (χ0) is 21.8. The molecule has 0 spiro atoms. The highest BCUT2D eigenvalue weighted by Gasteiger charge is 2.40. The van der Waals surface area contributed by atoms with Gasteiger partial charge in [0.25, 0.3) is 0 Å². The lowest BCUT2D eigenvalue weighted by atomic mass is 9.80. The fourth-order valence-corrected chi connectivity index (χ4v) is 3.62. The van der Waals surface area contributed by atoms with Gasteiger partial charge in [0.1, 0.15) is 12.1 Å². The third kappa shape index (κ3) is 6.65. The van der Waals surface area contributed by atoms with Gasteiger partial charge in [-0.25, -0.2) is 0 Å². The lowest BCUT2D eigenvalue weighted by molar-refractivity contribution is -0.133.